The lowest BCUT2D eigenvalue weighted by Crippen LogP contribution is -2.22. The van der Waals surface area contributed by atoms with Gasteiger partial charge in [0.2, 0.25) is 0 Å². The molecule has 0 aliphatic heterocycles. The fourth-order valence-corrected chi connectivity index (χ4v) is 4.32. The molecule has 38 heavy (non-hydrogen) atoms. The van der Waals surface area contributed by atoms with Gasteiger partial charge in [0.25, 0.3) is 0 Å². The van der Waals surface area contributed by atoms with Crippen LogP contribution in [0.1, 0.15) is 62.9 Å². The van der Waals surface area contributed by atoms with Gasteiger partial charge in [0.1, 0.15) is 5.82 Å². The molecule has 0 fully saturated rings. The number of nitrogens with one attached hydrogen (secondary N) is 2. The highest BCUT2D eigenvalue weighted by Crippen LogP contribution is 2.29. The van der Waals surface area contributed by atoms with Crippen LogP contribution < -0.4 is 10.0 Å². The largest absolute Gasteiger partial charge is 0.381 e. The van der Waals surface area contributed by atoms with Gasteiger partial charge >= 0.3 is 0 Å². The second-order valence-corrected chi connectivity index (χ2v) is 10.8. The van der Waals surface area contributed by atoms with Crippen LogP contribution in [0.4, 0.5) is 5.82 Å². The predicted octanol–water partition coefficient (Wildman–Crippen LogP) is 6.43. The maximum atomic E-state index is 12.0. The Balaban J connectivity index is 1.90. The summed E-state index contributed by atoms with van der Waals surface area (Å²) < 4.78 is 18.5. The highest BCUT2D eigenvalue weighted by Gasteiger charge is 2.17. The normalized spacial score (nSPS) is 13.6. The van der Waals surface area contributed by atoms with Crippen LogP contribution in [0, 0.1) is 6.92 Å². The molecule has 202 valence electrons. The van der Waals surface area contributed by atoms with E-state index >= 15 is 0 Å². The van der Waals surface area contributed by atoms with Crippen molar-refractivity contribution in [3.05, 3.63) is 94.6 Å². The van der Waals surface area contributed by atoms with Gasteiger partial charge in [-0.15, -0.1) is 0 Å². The van der Waals surface area contributed by atoms with Crippen LogP contribution in [0.15, 0.2) is 72.2 Å². The Morgan fingerprint density at radius 3 is 2.42 bits per heavy atom. The predicted molar refractivity (Wildman–Crippen MR) is 161 cm³/mol. The molecule has 1 unspecified atom stereocenters. The summed E-state index contributed by atoms with van der Waals surface area (Å²) in [4.78, 5) is 4.42. The van der Waals surface area contributed by atoms with Crippen LogP contribution in [0.25, 0.3) is 17.3 Å². The minimum absolute atomic E-state index is 0.575. The molecule has 7 nitrogen and oxygen atoms in total. The van der Waals surface area contributed by atoms with E-state index in [1.54, 1.807) is 24.6 Å². The number of rotatable bonds is 12. The van der Waals surface area contributed by atoms with E-state index in [9.17, 15) is 4.21 Å². The van der Waals surface area contributed by atoms with Crippen molar-refractivity contribution in [3.63, 3.8) is 0 Å². The Bertz CT molecular complexity index is 1320. The zero-order chi connectivity index (χ0) is 27.7. The third-order valence-electron chi connectivity index (χ3n) is 6.13. The quantitative estimate of drug-likeness (QED) is 0.264. The van der Waals surface area contributed by atoms with Crippen molar-refractivity contribution in [3.8, 4) is 5.69 Å². The third-order valence-corrected chi connectivity index (χ3v) is 7.18. The molecule has 2 heterocycles. The van der Waals surface area contributed by atoms with Crippen LogP contribution >= 0.6 is 0 Å². The van der Waals surface area contributed by atoms with Crippen molar-refractivity contribution < 1.29 is 4.21 Å². The third kappa shape index (κ3) is 7.52. The van der Waals surface area contributed by atoms with E-state index in [4.69, 9.17) is 5.10 Å². The van der Waals surface area contributed by atoms with E-state index in [1.165, 1.54) is 11.1 Å². The van der Waals surface area contributed by atoms with Gasteiger partial charge in [0.15, 0.2) is 11.2 Å². The van der Waals surface area contributed by atoms with Crippen molar-refractivity contribution in [2.75, 3.05) is 18.8 Å². The first-order valence-electron chi connectivity index (χ1n) is 13.0. The maximum Gasteiger partial charge on any atom is 0.197 e. The molecule has 0 aliphatic rings. The van der Waals surface area contributed by atoms with Crippen molar-refractivity contribution in [2.45, 2.75) is 54.0 Å². The molecule has 0 saturated heterocycles. The molecule has 0 spiro atoms. The SMILES string of the molecule is C/C=C(/C(=C\CC)NCc1ccc(NS(=O)N(C)C)nc1)c1cnn(-c2ccc(C)cc2)c1/C=C(\C)CC. The molecule has 3 aromatic rings. The number of benzene rings is 1. The molecule has 0 aliphatic carbocycles. The fourth-order valence-electron chi connectivity index (χ4n) is 3.84. The molecular formula is C30H40N6OS. The van der Waals surface area contributed by atoms with E-state index in [-0.39, 0.29) is 0 Å². The number of anilines is 1. The van der Waals surface area contributed by atoms with Crippen LogP contribution in [0.3, 0.4) is 0 Å². The average Bonchev–Trinajstić information content (AvgIpc) is 3.31. The van der Waals surface area contributed by atoms with E-state index < -0.39 is 11.2 Å². The van der Waals surface area contributed by atoms with Crippen LogP contribution in [0.2, 0.25) is 0 Å². The van der Waals surface area contributed by atoms with Crippen LogP contribution in [0.5, 0.6) is 0 Å². The van der Waals surface area contributed by atoms with Gasteiger partial charge in [0.05, 0.1) is 17.6 Å². The molecule has 8 heteroatoms. The van der Waals surface area contributed by atoms with Crippen molar-refractivity contribution in [1.82, 2.24) is 24.4 Å². The van der Waals surface area contributed by atoms with E-state index in [0.717, 1.165) is 46.6 Å². The molecule has 0 amide bonds. The number of aryl methyl sites for hydroxylation is 1. The van der Waals surface area contributed by atoms with Gasteiger partial charge in [-0.3, -0.25) is 4.72 Å². The number of allylic oxidation sites excluding steroid dienone is 4. The van der Waals surface area contributed by atoms with Gasteiger partial charge in [-0.2, -0.15) is 5.10 Å². The Kier molecular flexibility index (Phi) is 10.6. The van der Waals surface area contributed by atoms with Gasteiger partial charge in [-0.1, -0.05) is 55.3 Å². The van der Waals surface area contributed by atoms with Gasteiger partial charge in [-0.25, -0.2) is 18.2 Å². The van der Waals surface area contributed by atoms with Crippen molar-refractivity contribution in [1.29, 1.82) is 0 Å². The second kappa shape index (κ2) is 13.9. The summed E-state index contributed by atoms with van der Waals surface area (Å²) in [5, 5.41) is 8.43. The zero-order valence-corrected chi connectivity index (χ0v) is 24.4. The molecule has 1 aromatic carbocycles. The van der Waals surface area contributed by atoms with E-state index in [1.807, 2.05) is 23.0 Å². The smallest absolute Gasteiger partial charge is 0.197 e. The van der Waals surface area contributed by atoms with Crippen molar-refractivity contribution >= 4 is 28.6 Å². The summed E-state index contributed by atoms with van der Waals surface area (Å²) in [5.74, 6) is 0.575. The Hall–Kier alpha value is -3.49. The molecule has 0 saturated carbocycles. The lowest BCUT2D eigenvalue weighted by Gasteiger charge is -2.16. The Morgan fingerprint density at radius 2 is 1.84 bits per heavy atom. The number of pyridine rings is 1. The summed E-state index contributed by atoms with van der Waals surface area (Å²) in [7, 11) is 3.49. The highest BCUT2D eigenvalue weighted by atomic mass is 32.2. The number of nitrogens with zero attached hydrogens (tertiary/aromatic N) is 4. The molecular weight excluding hydrogens is 492 g/mol. The van der Waals surface area contributed by atoms with Crippen LogP contribution in [-0.4, -0.2) is 37.4 Å². The minimum Gasteiger partial charge on any atom is -0.381 e. The summed E-state index contributed by atoms with van der Waals surface area (Å²) >= 11 is -1.32. The monoisotopic (exact) mass is 532 g/mol. The average molecular weight is 533 g/mol. The number of hydrogen-bond acceptors (Lipinski definition) is 4. The standard InChI is InChI=1S/C30H40N6OS/c1-8-11-28(31-19-24-14-17-30(32-20-24)34-38(37)35(6)7)26(10-3)27-21-33-36(29(27)18-22(4)9-2)25-15-12-23(5)13-16-25/h10-18,20-21,31H,8-9,19H2,1-7H3,(H,32,34)/b22-18+,26-10+,28-11+. The first-order chi connectivity index (χ1) is 18.3. The summed E-state index contributed by atoms with van der Waals surface area (Å²) in [6.07, 6.45) is 12.2. The Morgan fingerprint density at radius 1 is 1.11 bits per heavy atom. The van der Waals surface area contributed by atoms with Gasteiger partial charge < -0.3 is 5.32 Å². The molecule has 2 aromatic heterocycles. The summed E-state index contributed by atoms with van der Waals surface area (Å²) in [6.45, 7) is 11.2. The number of aromatic nitrogens is 3. The Labute approximate surface area is 230 Å². The summed E-state index contributed by atoms with van der Waals surface area (Å²) in [5.41, 5.74) is 8.88. The van der Waals surface area contributed by atoms with Gasteiger partial charge in [-0.05, 0) is 63.5 Å². The van der Waals surface area contributed by atoms with Crippen molar-refractivity contribution in [2.24, 2.45) is 0 Å². The minimum atomic E-state index is -1.32. The molecule has 0 bridgehead atoms. The molecule has 0 radical (unpaired) electrons. The van der Waals surface area contributed by atoms with E-state index in [0.29, 0.717) is 12.4 Å². The first-order valence-corrected chi connectivity index (χ1v) is 14.1. The lowest BCUT2D eigenvalue weighted by atomic mass is 10.00. The summed E-state index contributed by atoms with van der Waals surface area (Å²) in [6, 6.07) is 12.3. The molecule has 2 N–H and O–H groups in total. The first kappa shape index (κ1) is 29.1. The van der Waals surface area contributed by atoms with Gasteiger partial charge in [0, 0.05) is 43.7 Å². The molecule has 1 atom stereocenters. The fraction of sp³-hybridized carbons (Fsp3) is 0.333. The van der Waals surface area contributed by atoms with Crippen LogP contribution in [-0.2, 0) is 17.7 Å². The zero-order valence-electron chi connectivity index (χ0n) is 23.6. The topological polar surface area (TPSA) is 75.1 Å². The maximum absolute atomic E-state index is 12.0. The second-order valence-electron chi connectivity index (χ2n) is 9.33. The molecule has 3 rings (SSSR count). The lowest BCUT2D eigenvalue weighted by molar-refractivity contribution is 0.607. The number of hydrogen-bond donors (Lipinski definition) is 2. The van der Waals surface area contributed by atoms with E-state index in [2.05, 4.69) is 92.1 Å². The highest BCUT2D eigenvalue weighted by molar-refractivity contribution is 7.83.